The van der Waals surface area contributed by atoms with E-state index in [0.717, 1.165) is 17.8 Å². The highest BCUT2D eigenvalue weighted by Gasteiger charge is 2.34. The van der Waals surface area contributed by atoms with Crippen molar-refractivity contribution in [3.05, 3.63) is 60.3 Å². The number of hydrogen-bond donors (Lipinski definition) is 1. The molecule has 3 aromatic rings. The molecule has 1 atom stereocenters. The van der Waals surface area contributed by atoms with Crippen molar-refractivity contribution in [1.82, 2.24) is 9.97 Å². The summed E-state index contributed by atoms with van der Waals surface area (Å²) in [5.41, 5.74) is 0.0315. The predicted octanol–water partition coefficient (Wildman–Crippen LogP) is 5.30. The van der Waals surface area contributed by atoms with E-state index in [1.54, 1.807) is 55.5 Å². The number of nitrogens with one attached hydrogen (secondary N) is 1. The van der Waals surface area contributed by atoms with Gasteiger partial charge in [0.25, 0.3) is 0 Å². The standard InChI is InChI=1S/C22H20F3N3O3S/c1-13(20(29)26-15-9-10-17(30-2)18(11-15)31-3)32-21-27-16(14-7-5-4-6-8-14)12-19(28-21)22(23,24)25/h4-13H,1-3H3,(H,26,29). The number of halogens is 3. The van der Waals surface area contributed by atoms with E-state index in [0.29, 0.717) is 22.7 Å². The van der Waals surface area contributed by atoms with Crippen molar-refractivity contribution >= 4 is 23.4 Å². The molecule has 10 heteroatoms. The van der Waals surface area contributed by atoms with Gasteiger partial charge < -0.3 is 14.8 Å². The Bertz CT molecular complexity index is 1090. The van der Waals surface area contributed by atoms with Gasteiger partial charge in [-0.3, -0.25) is 4.79 Å². The molecule has 0 aliphatic rings. The van der Waals surface area contributed by atoms with E-state index in [1.165, 1.54) is 14.2 Å². The number of methoxy groups -OCH3 is 2. The van der Waals surface area contributed by atoms with Crippen LogP contribution in [0.5, 0.6) is 11.5 Å². The van der Waals surface area contributed by atoms with Gasteiger partial charge in [-0.1, -0.05) is 42.1 Å². The van der Waals surface area contributed by atoms with Crippen molar-refractivity contribution in [3.63, 3.8) is 0 Å². The summed E-state index contributed by atoms with van der Waals surface area (Å²) in [6.07, 6.45) is -4.65. The van der Waals surface area contributed by atoms with Crippen LogP contribution in [0, 0.1) is 0 Å². The lowest BCUT2D eigenvalue weighted by atomic mass is 10.1. The number of aromatic nitrogens is 2. The average Bonchev–Trinajstić information content (AvgIpc) is 2.78. The van der Waals surface area contributed by atoms with E-state index in [-0.39, 0.29) is 10.9 Å². The number of benzene rings is 2. The van der Waals surface area contributed by atoms with E-state index < -0.39 is 23.0 Å². The average molecular weight is 463 g/mol. The Balaban J connectivity index is 1.82. The van der Waals surface area contributed by atoms with Crippen molar-refractivity contribution in [1.29, 1.82) is 0 Å². The maximum Gasteiger partial charge on any atom is 0.433 e. The summed E-state index contributed by atoms with van der Waals surface area (Å²) in [6, 6.07) is 14.2. The number of ether oxygens (including phenoxy) is 2. The molecule has 0 radical (unpaired) electrons. The van der Waals surface area contributed by atoms with Crippen LogP contribution in [0.3, 0.4) is 0 Å². The monoisotopic (exact) mass is 463 g/mol. The molecule has 0 saturated heterocycles. The maximum atomic E-state index is 13.4. The van der Waals surface area contributed by atoms with Crippen molar-refractivity contribution in [2.75, 3.05) is 19.5 Å². The fraction of sp³-hybridized carbons (Fsp3) is 0.227. The van der Waals surface area contributed by atoms with Crippen molar-refractivity contribution in [2.45, 2.75) is 23.5 Å². The zero-order valence-corrected chi connectivity index (χ0v) is 18.3. The number of carbonyl (C=O) groups excluding carboxylic acids is 1. The van der Waals surface area contributed by atoms with Crippen LogP contribution in [0.15, 0.2) is 59.8 Å². The van der Waals surface area contributed by atoms with Gasteiger partial charge in [0.1, 0.15) is 5.69 Å². The first-order valence-electron chi connectivity index (χ1n) is 9.42. The van der Waals surface area contributed by atoms with E-state index >= 15 is 0 Å². The molecular weight excluding hydrogens is 443 g/mol. The molecular formula is C22H20F3N3O3S. The third-order valence-electron chi connectivity index (χ3n) is 4.37. The Labute approximate surface area is 187 Å². The minimum absolute atomic E-state index is 0.128. The van der Waals surface area contributed by atoms with Crippen molar-refractivity contribution < 1.29 is 27.4 Å². The van der Waals surface area contributed by atoms with Crippen molar-refractivity contribution in [2.24, 2.45) is 0 Å². The van der Waals surface area contributed by atoms with Gasteiger partial charge >= 0.3 is 6.18 Å². The van der Waals surface area contributed by atoms with E-state index in [9.17, 15) is 18.0 Å². The minimum Gasteiger partial charge on any atom is -0.493 e. The highest BCUT2D eigenvalue weighted by Crippen LogP contribution is 2.33. The van der Waals surface area contributed by atoms with E-state index in [2.05, 4.69) is 15.3 Å². The summed E-state index contributed by atoms with van der Waals surface area (Å²) in [6.45, 7) is 1.56. The number of nitrogens with zero attached hydrogens (tertiary/aromatic N) is 2. The largest absolute Gasteiger partial charge is 0.493 e. The smallest absolute Gasteiger partial charge is 0.433 e. The number of amides is 1. The van der Waals surface area contributed by atoms with Crippen LogP contribution in [0.1, 0.15) is 12.6 Å². The van der Waals surface area contributed by atoms with E-state index in [4.69, 9.17) is 9.47 Å². The van der Waals surface area contributed by atoms with Gasteiger partial charge in [0.2, 0.25) is 5.91 Å². The lowest BCUT2D eigenvalue weighted by molar-refractivity contribution is -0.141. The highest BCUT2D eigenvalue weighted by atomic mass is 32.2. The lowest BCUT2D eigenvalue weighted by Gasteiger charge is -2.15. The summed E-state index contributed by atoms with van der Waals surface area (Å²) in [5.74, 6) is 0.502. The van der Waals surface area contributed by atoms with Crippen LogP contribution in [-0.4, -0.2) is 35.3 Å². The second-order valence-corrected chi connectivity index (χ2v) is 7.91. The molecule has 3 rings (SSSR count). The van der Waals surface area contributed by atoms with Crippen LogP contribution < -0.4 is 14.8 Å². The molecule has 1 amide bonds. The normalized spacial score (nSPS) is 12.2. The van der Waals surface area contributed by atoms with Crippen LogP contribution in [-0.2, 0) is 11.0 Å². The molecule has 1 unspecified atom stereocenters. The van der Waals surface area contributed by atoms with Crippen LogP contribution >= 0.6 is 11.8 Å². The first-order valence-corrected chi connectivity index (χ1v) is 10.3. The molecule has 1 N–H and O–H groups in total. The molecule has 0 bridgehead atoms. The summed E-state index contributed by atoms with van der Waals surface area (Å²) in [4.78, 5) is 20.5. The molecule has 6 nitrogen and oxygen atoms in total. The van der Waals surface area contributed by atoms with Crippen molar-refractivity contribution in [3.8, 4) is 22.8 Å². The highest BCUT2D eigenvalue weighted by molar-refractivity contribution is 8.00. The number of hydrogen-bond acceptors (Lipinski definition) is 6. The topological polar surface area (TPSA) is 73.3 Å². The quantitative estimate of drug-likeness (QED) is 0.379. The fourth-order valence-electron chi connectivity index (χ4n) is 2.75. The Morgan fingerprint density at radius 2 is 1.69 bits per heavy atom. The van der Waals surface area contributed by atoms with Gasteiger partial charge in [-0.05, 0) is 25.1 Å². The minimum atomic E-state index is -4.65. The third kappa shape index (κ3) is 5.70. The molecule has 0 fully saturated rings. The lowest BCUT2D eigenvalue weighted by Crippen LogP contribution is -2.23. The molecule has 0 saturated carbocycles. The van der Waals surface area contributed by atoms with Gasteiger partial charge in [0.15, 0.2) is 16.7 Å². The fourth-order valence-corrected chi connectivity index (χ4v) is 3.53. The number of rotatable bonds is 7. The van der Waals surface area contributed by atoms with Crippen LogP contribution in [0.4, 0.5) is 18.9 Å². The first kappa shape index (κ1) is 23.4. The van der Waals surface area contributed by atoms with Gasteiger partial charge in [-0.15, -0.1) is 0 Å². The van der Waals surface area contributed by atoms with Gasteiger partial charge in [-0.2, -0.15) is 13.2 Å². The van der Waals surface area contributed by atoms with Crippen LogP contribution in [0.2, 0.25) is 0 Å². The second kappa shape index (κ2) is 9.90. The predicted molar refractivity (Wildman–Crippen MR) is 116 cm³/mol. The number of carbonyl (C=O) groups is 1. The molecule has 1 aromatic heterocycles. The molecule has 0 aliphatic heterocycles. The Morgan fingerprint density at radius 3 is 2.31 bits per heavy atom. The number of alkyl halides is 3. The summed E-state index contributed by atoms with van der Waals surface area (Å²) in [5, 5.41) is 1.79. The van der Waals surface area contributed by atoms with Gasteiger partial charge in [0, 0.05) is 17.3 Å². The molecule has 32 heavy (non-hydrogen) atoms. The molecule has 0 aliphatic carbocycles. The molecule has 1 heterocycles. The Morgan fingerprint density at radius 1 is 1.00 bits per heavy atom. The van der Waals surface area contributed by atoms with Gasteiger partial charge in [0.05, 0.1) is 25.2 Å². The number of thioether (sulfide) groups is 1. The summed E-state index contributed by atoms with van der Waals surface area (Å²) in [7, 11) is 2.96. The second-order valence-electron chi connectivity index (χ2n) is 6.60. The zero-order chi connectivity index (χ0) is 23.3. The molecule has 2 aromatic carbocycles. The molecule has 168 valence electrons. The summed E-state index contributed by atoms with van der Waals surface area (Å²) < 4.78 is 50.5. The van der Waals surface area contributed by atoms with E-state index in [1.807, 2.05) is 0 Å². The Hall–Kier alpha value is -3.27. The summed E-state index contributed by atoms with van der Waals surface area (Å²) >= 11 is 0.837. The first-order chi connectivity index (χ1) is 15.2. The number of anilines is 1. The zero-order valence-electron chi connectivity index (χ0n) is 17.4. The molecule has 0 spiro atoms. The van der Waals surface area contributed by atoms with Gasteiger partial charge in [-0.25, -0.2) is 9.97 Å². The maximum absolute atomic E-state index is 13.4. The van der Waals surface area contributed by atoms with Crippen LogP contribution in [0.25, 0.3) is 11.3 Å². The third-order valence-corrected chi connectivity index (χ3v) is 5.33. The Kier molecular flexibility index (Phi) is 7.24. The SMILES string of the molecule is COc1ccc(NC(=O)C(C)Sc2nc(-c3ccccc3)cc(C(F)(F)F)n2)cc1OC.